The molecule has 2 aromatic carbocycles. The van der Waals surface area contributed by atoms with Gasteiger partial charge in [-0.3, -0.25) is 10.2 Å². The topological polar surface area (TPSA) is 137 Å². The summed E-state index contributed by atoms with van der Waals surface area (Å²) in [7, 11) is 0. The van der Waals surface area contributed by atoms with Crippen LogP contribution in [0.5, 0.6) is 5.75 Å². The molecule has 0 radical (unpaired) electrons. The number of anilines is 3. The normalized spacial score (nSPS) is 14.8. The number of carbonyl (C=O) groups is 1. The fourth-order valence-electron chi connectivity index (χ4n) is 3.93. The number of nitrogens with zero attached hydrogens (tertiary/aromatic N) is 2. The summed E-state index contributed by atoms with van der Waals surface area (Å²) in [6.07, 6.45) is 5.22. The van der Waals surface area contributed by atoms with Crippen molar-refractivity contribution >= 4 is 28.9 Å². The van der Waals surface area contributed by atoms with Crippen molar-refractivity contribution in [3.05, 3.63) is 83.7 Å². The molecular weight excluding hydrogens is 404 g/mol. The van der Waals surface area contributed by atoms with Crippen molar-refractivity contribution < 1.29 is 9.90 Å². The Hall–Kier alpha value is -4.20. The molecule has 1 heterocycles. The second-order valence-electron chi connectivity index (χ2n) is 7.67. The van der Waals surface area contributed by atoms with Gasteiger partial charge in [-0.25, -0.2) is 9.97 Å². The van der Waals surface area contributed by atoms with Crippen molar-refractivity contribution in [2.24, 2.45) is 0 Å². The minimum Gasteiger partial charge on any atom is -0.508 e. The van der Waals surface area contributed by atoms with Crippen LogP contribution in [-0.4, -0.2) is 32.7 Å². The SMILES string of the molecule is C=CC(=O)Nc1cc(O)cc(C(=N)c2c(N)ncnc2NC2CCc3ccccc3C2)c1. The molecule has 0 saturated heterocycles. The molecule has 1 unspecified atom stereocenters. The first-order valence-corrected chi connectivity index (χ1v) is 10.2. The van der Waals surface area contributed by atoms with Crippen molar-refractivity contribution in [1.29, 1.82) is 5.41 Å². The summed E-state index contributed by atoms with van der Waals surface area (Å²) in [5.74, 6) is 0.103. The highest BCUT2D eigenvalue weighted by Gasteiger charge is 2.23. The van der Waals surface area contributed by atoms with Crippen molar-refractivity contribution in [2.75, 3.05) is 16.4 Å². The highest BCUT2D eigenvalue weighted by atomic mass is 16.3. The first-order valence-electron chi connectivity index (χ1n) is 10.2. The Morgan fingerprint density at radius 2 is 2.00 bits per heavy atom. The van der Waals surface area contributed by atoms with Gasteiger partial charge in [-0.05, 0) is 48.6 Å². The fourth-order valence-corrected chi connectivity index (χ4v) is 3.93. The van der Waals surface area contributed by atoms with Crippen molar-refractivity contribution in [3.8, 4) is 5.75 Å². The lowest BCUT2D eigenvalue weighted by Gasteiger charge is -2.27. The van der Waals surface area contributed by atoms with Crippen LogP contribution in [0.3, 0.4) is 0 Å². The lowest BCUT2D eigenvalue weighted by molar-refractivity contribution is -0.111. The van der Waals surface area contributed by atoms with Crippen molar-refractivity contribution in [2.45, 2.75) is 25.3 Å². The smallest absolute Gasteiger partial charge is 0.247 e. The van der Waals surface area contributed by atoms with Crippen molar-refractivity contribution in [1.82, 2.24) is 9.97 Å². The third-order valence-corrected chi connectivity index (χ3v) is 5.47. The number of benzene rings is 2. The Kier molecular flexibility index (Phi) is 5.85. The molecule has 162 valence electrons. The summed E-state index contributed by atoms with van der Waals surface area (Å²) in [5.41, 5.74) is 9.87. The van der Waals surface area contributed by atoms with Gasteiger partial charge in [0.1, 0.15) is 23.7 Å². The van der Waals surface area contributed by atoms with E-state index in [9.17, 15) is 9.90 Å². The Labute approximate surface area is 185 Å². The van der Waals surface area contributed by atoms with Crippen LogP contribution >= 0.6 is 0 Å². The van der Waals surface area contributed by atoms with E-state index in [2.05, 4.69) is 45.4 Å². The summed E-state index contributed by atoms with van der Waals surface area (Å²) < 4.78 is 0. The van der Waals surface area contributed by atoms with E-state index in [1.54, 1.807) is 6.07 Å². The van der Waals surface area contributed by atoms with Gasteiger partial charge in [0.15, 0.2) is 0 Å². The molecule has 1 amide bonds. The number of carbonyl (C=O) groups excluding carboxylic acids is 1. The van der Waals surface area contributed by atoms with Crippen LogP contribution in [0.25, 0.3) is 0 Å². The number of nitrogens with two attached hydrogens (primary N) is 1. The maximum absolute atomic E-state index is 11.6. The van der Waals surface area contributed by atoms with Gasteiger partial charge in [0.05, 0.1) is 11.3 Å². The summed E-state index contributed by atoms with van der Waals surface area (Å²) >= 11 is 0. The number of nitrogens with one attached hydrogen (secondary N) is 3. The molecule has 1 aliphatic rings. The zero-order valence-electron chi connectivity index (χ0n) is 17.4. The number of phenols is 1. The third kappa shape index (κ3) is 4.44. The molecule has 6 N–H and O–H groups in total. The number of amides is 1. The lowest BCUT2D eigenvalue weighted by Crippen LogP contribution is -2.29. The minimum absolute atomic E-state index is 0.0341. The van der Waals surface area contributed by atoms with E-state index >= 15 is 0 Å². The second-order valence-corrected chi connectivity index (χ2v) is 7.67. The van der Waals surface area contributed by atoms with Crippen LogP contribution in [0.2, 0.25) is 0 Å². The highest BCUT2D eigenvalue weighted by molar-refractivity contribution is 6.17. The molecule has 32 heavy (non-hydrogen) atoms. The summed E-state index contributed by atoms with van der Waals surface area (Å²) in [4.78, 5) is 20.1. The van der Waals surface area contributed by atoms with E-state index in [4.69, 9.17) is 11.1 Å². The van der Waals surface area contributed by atoms with Crippen LogP contribution < -0.4 is 16.4 Å². The van der Waals surface area contributed by atoms with Gasteiger partial charge in [-0.15, -0.1) is 0 Å². The molecule has 3 aromatic rings. The molecule has 0 aliphatic heterocycles. The summed E-state index contributed by atoms with van der Waals surface area (Å²) in [6.45, 7) is 3.42. The van der Waals surface area contributed by atoms with Gasteiger partial charge < -0.3 is 21.5 Å². The number of aromatic hydroxyl groups is 1. The van der Waals surface area contributed by atoms with Gasteiger partial charge >= 0.3 is 0 Å². The van der Waals surface area contributed by atoms with Gasteiger partial charge in [0.25, 0.3) is 0 Å². The maximum atomic E-state index is 11.6. The number of rotatable bonds is 6. The Balaban J connectivity index is 1.63. The molecule has 8 nitrogen and oxygen atoms in total. The number of hydrogen-bond donors (Lipinski definition) is 5. The molecule has 0 fully saturated rings. The number of phenolic OH excluding ortho intramolecular Hbond substituents is 1. The van der Waals surface area contributed by atoms with E-state index < -0.39 is 5.91 Å². The summed E-state index contributed by atoms with van der Waals surface area (Å²) in [6, 6.07) is 12.9. The van der Waals surface area contributed by atoms with Crippen LogP contribution in [0.4, 0.5) is 17.3 Å². The van der Waals surface area contributed by atoms with Crippen molar-refractivity contribution in [3.63, 3.8) is 0 Å². The monoisotopic (exact) mass is 428 g/mol. The van der Waals surface area contributed by atoms with Gasteiger partial charge in [-0.1, -0.05) is 30.8 Å². The molecular formula is C24H24N6O2. The minimum atomic E-state index is -0.421. The van der Waals surface area contributed by atoms with Gasteiger partial charge in [-0.2, -0.15) is 0 Å². The van der Waals surface area contributed by atoms with E-state index in [1.165, 1.54) is 29.6 Å². The van der Waals surface area contributed by atoms with E-state index in [-0.39, 0.29) is 23.3 Å². The molecule has 1 aromatic heterocycles. The lowest BCUT2D eigenvalue weighted by atomic mass is 9.88. The van der Waals surface area contributed by atoms with E-state index in [0.29, 0.717) is 22.6 Å². The number of hydrogen-bond acceptors (Lipinski definition) is 7. The van der Waals surface area contributed by atoms with Crippen LogP contribution in [0, 0.1) is 5.41 Å². The number of fused-ring (bicyclic) bond motifs is 1. The first kappa shape index (κ1) is 21.0. The average molecular weight is 428 g/mol. The molecule has 4 rings (SSSR count). The predicted octanol–water partition coefficient (Wildman–Crippen LogP) is 3.27. The predicted molar refractivity (Wildman–Crippen MR) is 125 cm³/mol. The van der Waals surface area contributed by atoms with Crippen LogP contribution in [-0.2, 0) is 17.6 Å². The number of aromatic nitrogens is 2. The fraction of sp³-hybridized carbons (Fsp3) is 0.167. The first-order chi connectivity index (χ1) is 15.4. The average Bonchev–Trinajstić information content (AvgIpc) is 2.78. The van der Waals surface area contributed by atoms with E-state index in [0.717, 1.165) is 25.3 Å². The van der Waals surface area contributed by atoms with E-state index in [1.807, 2.05) is 6.07 Å². The second kappa shape index (κ2) is 8.89. The largest absolute Gasteiger partial charge is 0.508 e. The molecule has 8 heteroatoms. The van der Waals surface area contributed by atoms with Gasteiger partial charge in [0, 0.05) is 23.4 Å². The molecule has 0 saturated carbocycles. The molecule has 0 spiro atoms. The van der Waals surface area contributed by atoms with Crippen LogP contribution in [0.1, 0.15) is 28.7 Å². The quantitative estimate of drug-likeness (QED) is 0.302. The molecule has 1 atom stereocenters. The van der Waals surface area contributed by atoms with Crippen LogP contribution in [0.15, 0.2) is 61.4 Å². The highest BCUT2D eigenvalue weighted by Crippen LogP contribution is 2.29. The molecule has 1 aliphatic carbocycles. The maximum Gasteiger partial charge on any atom is 0.247 e. The number of aryl methyl sites for hydroxylation is 1. The standard InChI is InChI=1S/C24H24N6O2/c1-2-20(32)29-18-10-16(11-19(31)12-18)22(25)21-23(26)27-13-28-24(21)30-17-8-7-14-5-3-4-6-15(14)9-17/h2-6,10-13,17,25,31H,1,7-9H2,(H,29,32)(H3,26,27,28,30). The molecule has 0 bridgehead atoms. The Morgan fingerprint density at radius 3 is 2.78 bits per heavy atom. The zero-order valence-corrected chi connectivity index (χ0v) is 17.4. The Bertz CT molecular complexity index is 1210. The summed E-state index contributed by atoms with van der Waals surface area (Å²) in [5, 5.41) is 24.9. The third-order valence-electron chi connectivity index (χ3n) is 5.47. The Morgan fingerprint density at radius 1 is 1.22 bits per heavy atom. The van der Waals surface area contributed by atoms with Gasteiger partial charge in [0.2, 0.25) is 5.91 Å². The number of nitrogen functional groups attached to an aromatic ring is 1. The zero-order chi connectivity index (χ0) is 22.7.